The fourth-order valence-electron chi connectivity index (χ4n) is 3.77. The summed E-state index contributed by atoms with van der Waals surface area (Å²) in [7, 11) is 1.58. The van der Waals surface area contributed by atoms with Gasteiger partial charge < -0.3 is 19.9 Å². The van der Waals surface area contributed by atoms with Crippen molar-refractivity contribution in [2.24, 2.45) is 0 Å². The number of nitrogens with one attached hydrogen (secondary N) is 1. The molecule has 0 aliphatic rings. The summed E-state index contributed by atoms with van der Waals surface area (Å²) in [5.41, 5.74) is -0.145. The third kappa shape index (κ3) is 5.53. The number of fused-ring (bicyclic) bond motifs is 1. The highest BCUT2D eigenvalue weighted by molar-refractivity contribution is 7.13. The number of halogens is 3. The molecular weight excluding hydrogens is 505 g/mol. The van der Waals surface area contributed by atoms with E-state index in [9.17, 15) is 13.9 Å². The number of aliphatic hydroxyl groups is 1. The van der Waals surface area contributed by atoms with Crippen molar-refractivity contribution < 1.29 is 27.8 Å². The molecule has 0 amide bonds. The number of ether oxygens (including phenoxy) is 2. The third-order valence-corrected chi connectivity index (χ3v) is 6.59. The van der Waals surface area contributed by atoms with E-state index in [1.807, 2.05) is 6.07 Å². The van der Waals surface area contributed by atoms with Crippen molar-refractivity contribution >= 4 is 28.1 Å². The third-order valence-electron chi connectivity index (χ3n) is 5.78. The normalized spacial score (nSPS) is 12.2. The van der Waals surface area contributed by atoms with Crippen LogP contribution in [0.25, 0.3) is 21.3 Å². The van der Waals surface area contributed by atoms with Gasteiger partial charge in [0.25, 0.3) is 0 Å². The van der Waals surface area contributed by atoms with Gasteiger partial charge in [-0.05, 0) is 39.0 Å². The minimum absolute atomic E-state index is 0.00342. The van der Waals surface area contributed by atoms with Crippen LogP contribution in [0.4, 0.5) is 19.0 Å². The molecule has 2 aromatic carbocycles. The first-order valence-corrected chi connectivity index (χ1v) is 12.4. The molecule has 7 nitrogen and oxygen atoms in total. The maximum absolute atomic E-state index is 15.1. The minimum atomic E-state index is -3.78. The molecule has 0 atom stereocenters. The molecule has 0 saturated heterocycles. The molecule has 4 rings (SSSR count). The number of hydrogen-bond acceptors (Lipinski definition) is 8. The number of nitrogens with zero attached hydrogens (tertiary/aromatic N) is 3. The monoisotopic (exact) mass is 532 g/mol. The second kappa shape index (κ2) is 10.6. The smallest absolute Gasteiger partial charge is 0.303 e. The van der Waals surface area contributed by atoms with Gasteiger partial charge in [-0.3, -0.25) is 4.98 Å². The quantitative estimate of drug-likeness (QED) is 0.253. The van der Waals surface area contributed by atoms with E-state index in [0.717, 1.165) is 30.4 Å². The van der Waals surface area contributed by atoms with Gasteiger partial charge in [0.1, 0.15) is 35.4 Å². The Kier molecular flexibility index (Phi) is 7.67. The van der Waals surface area contributed by atoms with Crippen LogP contribution in [0.15, 0.2) is 42.0 Å². The number of aromatic nitrogens is 3. The van der Waals surface area contributed by atoms with E-state index in [0.29, 0.717) is 41.5 Å². The Hall–Kier alpha value is -3.28. The SMILES string of the molecule is COCCOc1cc2c(NCc3cccc(C(F)(F)C(C)(C)O)c3F)nc(C)nc2cc1-c1cncs1. The number of hydrogen-bond donors (Lipinski definition) is 2. The number of methoxy groups -OCH3 is 1. The Labute approximate surface area is 216 Å². The molecule has 0 aliphatic carbocycles. The van der Waals surface area contributed by atoms with Gasteiger partial charge in [0.2, 0.25) is 0 Å². The van der Waals surface area contributed by atoms with Crippen molar-refractivity contribution in [3.63, 3.8) is 0 Å². The van der Waals surface area contributed by atoms with Crippen LogP contribution in [0, 0.1) is 12.7 Å². The van der Waals surface area contributed by atoms with Crippen LogP contribution in [0.2, 0.25) is 0 Å². The molecule has 0 saturated carbocycles. The van der Waals surface area contributed by atoms with Crippen LogP contribution in [0.3, 0.4) is 0 Å². The lowest BCUT2D eigenvalue weighted by Gasteiger charge is -2.30. The molecule has 196 valence electrons. The van der Waals surface area contributed by atoms with Crippen LogP contribution in [0.5, 0.6) is 5.75 Å². The van der Waals surface area contributed by atoms with Crippen molar-refractivity contribution in [1.82, 2.24) is 15.0 Å². The molecule has 0 spiro atoms. The number of alkyl halides is 2. The molecule has 4 aromatic rings. The van der Waals surface area contributed by atoms with Crippen LogP contribution < -0.4 is 10.1 Å². The molecule has 2 N–H and O–H groups in total. The summed E-state index contributed by atoms with van der Waals surface area (Å²) >= 11 is 1.46. The van der Waals surface area contributed by atoms with E-state index < -0.39 is 22.9 Å². The van der Waals surface area contributed by atoms with Gasteiger partial charge in [0, 0.05) is 36.4 Å². The van der Waals surface area contributed by atoms with Crippen molar-refractivity contribution in [2.75, 3.05) is 25.6 Å². The van der Waals surface area contributed by atoms with Gasteiger partial charge in [-0.2, -0.15) is 8.78 Å². The second-order valence-corrected chi connectivity index (χ2v) is 9.84. The Balaban J connectivity index is 1.72. The first kappa shape index (κ1) is 26.8. The predicted octanol–water partition coefficient (Wildman–Crippen LogP) is 5.70. The molecular formula is C26H27F3N4O3S. The molecule has 0 bridgehead atoms. The minimum Gasteiger partial charge on any atom is -0.490 e. The lowest BCUT2D eigenvalue weighted by Crippen LogP contribution is -2.41. The number of rotatable bonds is 10. The highest BCUT2D eigenvalue weighted by Gasteiger charge is 2.48. The first-order chi connectivity index (χ1) is 17.5. The van der Waals surface area contributed by atoms with Gasteiger partial charge in [-0.1, -0.05) is 12.1 Å². The fourth-order valence-corrected chi connectivity index (χ4v) is 4.41. The summed E-state index contributed by atoms with van der Waals surface area (Å²) in [6.45, 7) is 4.20. The van der Waals surface area contributed by atoms with Crippen molar-refractivity contribution in [3.05, 3.63) is 64.8 Å². The largest absolute Gasteiger partial charge is 0.490 e. The molecule has 11 heteroatoms. The molecule has 2 heterocycles. The number of thiazole rings is 1. The molecule has 37 heavy (non-hydrogen) atoms. The maximum Gasteiger partial charge on any atom is 0.303 e. The second-order valence-electron chi connectivity index (χ2n) is 8.96. The fraction of sp³-hybridized carbons (Fsp3) is 0.346. The number of aryl methyl sites for hydroxylation is 1. The molecule has 0 unspecified atom stereocenters. The van der Waals surface area contributed by atoms with E-state index in [4.69, 9.17) is 9.47 Å². The zero-order valence-corrected chi connectivity index (χ0v) is 21.6. The van der Waals surface area contributed by atoms with Crippen LogP contribution in [0.1, 0.15) is 30.8 Å². The number of benzene rings is 2. The zero-order chi connectivity index (χ0) is 26.8. The van der Waals surface area contributed by atoms with Crippen molar-refractivity contribution in [1.29, 1.82) is 0 Å². The predicted molar refractivity (Wildman–Crippen MR) is 137 cm³/mol. The lowest BCUT2D eigenvalue weighted by molar-refractivity contribution is -0.170. The zero-order valence-electron chi connectivity index (χ0n) is 20.8. The van der Waals surface area contributed by atoms with Gasteiger partial charge in [0.05, 0.1) is 28.1 Å². The van der Waals surface area contributed by atoms with E-state index in [-0.39, 0.29) is 12.1 Å². The first-order valence-electron chi connectivity index (χ1n) is 11.5. The molecule has 0 aliphatic heterocycles. The standard InChI is InChI=1S/C26H27F3N4O3S/c1-15-32-20-10-18(22-13-30-14-37-22)21(36-9-8-35-4)11-17(20)24(33-15)31-12-16-6-5-7-19(23(16)27)26(28,29)25(2,3)34/h5-7,10-11,13-14,34H,8-9,12H2,1-4H3,(H,31,32,33). The summed E-state index contributed by atoms with van der Waals surface area (Å²) in [5, 5.41) is 13.6. The Bertz CT molecular complexity index is 1390. The molecule has 0 fully saturated rings. The Morgan fingerprint density at radius 1 is 1.14 bits per heavy atom. The maximum atomic E-state index is 15.1. The lowest BCUT2D eigenvalue weighted by atomic mass is 9.92. The molecule has 2 aromatic heterocycles. The Morgan fingerprint density at radius 2 is 1.92 bits per heavy atom. The van der Waals surface area contributed by atoms with Crippen LogP contribution in [-0.2, 0) is 17.2 Å². The summed E-state index contributed by atoms with van der Waals surface area (Å²) in [6, 6.07) is 7.38. The molecule has 0 radical (unpaired) electrons. The number of anilines is 1. The summed E-state index contributed by atoms with van der Waals surface area (Å²) in [4.78, 5) is 14.1. The topological polar surface area (TPSA) is 89.4 Å². The highest BCUT2D eigenvalue weighted by atomic mass is 32.1. The van der Waals surface area contributed by atoms with Gasteiger partial charge in [-0.15, -0.1) is 11.3 Å². The Morgan fingerprint density at radius 3 is 2.59 bits per heavy atom. The average molecular weight is 533 g/mol. The van der Waals surface area contributed by atoms with E-state index in [1.165, 1.54) is 23.5 Å². The van der Waals surface area contributed by atoms with E-state index >= 15 is 4.39 Å². The summed E-state index contributed by atoms with van der Waals surface area (Å²) < 4.78 is 55.6. The van der Waals surface area contributed by atoms with Crippen LogP contribution in [-0.4, -0.2) is 46.0 Å². The van der Waals surface area contributed by atoms with E-state index in [1.54, 1.807) is 31.8 Å². The van der Waals surface area contributed by atoms with Gasteiger partial charge in [-0.25, -0.2) is 14.4 Å². The van der Waals surface area contributed by atoms with Crippen LogP contribution >= 0.6 is 11.3 Å². The average Bonchev–Trinajstić information content (AvgIpc) is 3.37. The van der Waals surface area contributed by atoms with Crippen molar-refractivity contribution in [3.8, 4) is 16.2 Å². The summed E-state index contributed by atoms with van der Waals surface area (Å²) in [5.74, 6) is -3.43. The summed E-state index contributed by atoms with van der Waals surface area (Å²) in [6.07, 6.45) is 1.74. The highest BCUT2D eigenvalue weighted by Crippen LogP contribution is 2.41. The van der Waals surface area contributed by atoms with Gasteiger partial charge in [0.15, 0.2) is 0 Å². The van der Waals surface area contributed by atoms with Crippen molar-refractivity contribution in [2.45, 2.75) is 38.8 Å². The van der Waals surface area contributed by atoms with E-state index in [2.05, 4.69) is 20.3 Å². The van der Waals surface area contributed by atoms with Gasteiger partial charge >= 0.3 is 5.92 Å².